The number of carbonyl (C=O) groups excluding carboxylic acids is 2. The molecule has 1 saturated carbocycles. The van der Waals surface area contributed by atoms with Crippen molar-refractivity contribution in [1.29, 1.82) is 0 Å². The van der Waals surface area contributed by atoms with Crippen molar-refractivity contribution >= 4 is 66.4 Å². The van der Waals surface area contributed by atoms with E-state index in [1.54, 1.807) is 0 Å². The Morgan fingerprint density at radius 1 is 0.746 bits per heavy atom. The minimum atomic E-state index is -5.43. The van der Waals surface area contributed by atoms with E-state index in [9.17, 15) is 70.3 Å². The Bertz CT molecular complexity index is 2560. The van der Waals surface area contributed by atoms with Crippen LogP contribution in [0.25, 0.3) is 0 Å². The van der Waals surface area contributed by atoms with E-state index in [2.05, 4.69) is 0 Å². The van der Waals surface area contributed by atoms with Gasteiger partial charge in [0.2, 0.25) is 20.0 Å². The molecule has 12 nitrogen and oxygen atoms in total. The van der Waals surface area contributed by atoms with Crippen molar-refractivity contribution in [2.45, 2.75) is 53.5 Å². The molecular weight excluding hydrogens is 901 g/mol. The van der Waals surface area contributed by atoms with Crippen molar-refractivity contribution < 1.29 is 70.3 Å². The van der Waals surface area contributed by atoms with Gasteiger partial charge in [0.1, 0.15) is 54.4 Å². The molecule has 0 bridgehead atoms. The highest BCUT2D eigenvalue weighted by Crippen LogP contribution is 2.53. The minimum Gasteiger partial charge on any atom is -0.345 e. The van der Waals surface area contributed by atoms with E-state index in [1.807, 2.05) is 10.6 Å². The van der Waals surface area contributed by atoms with Crippen LogP contribution in [0.5, 0.6) is 0 Å². The van der Waals surface area contributed by atoms with Gasteiger partial charge >= 0.3 is 12.4 Å². The second-order valence-electron chi connectivity index (χ2n) is 13.6. The number of halogens is 12. The zero-order valence-corrected chi connectivity index (χ0v) is 33.1. The molecule has 59 heavy (non-hydrogen) atoms. The average Bonchev–Trinajstić information content (AvgIpc) is 3.71. The smallest absolute Gasteiger partial charge is 0.345 e. The third-order valence-corrected chi connectivity index (χ3v) is 13.2. The predicted molar refractivity (Wildman–Crippen MR) is 191 cm³/mol. The fourth-order valence-corrected chi connectivity index (χ4v) is 9.50. The van der Waals surface area contributed by atoms with Gasteiger partial charge in [0, 0.05) is 26.5 Å². The Balaban J connectivity index is 1.33. The molecule has 1 aliphatic rings. The van der Waals surface area contributed by atoms with E-state index < -0.39 is 146 Å². The molecule has 2 aromatic carbocycles. The summed E-state index contributed by atoms with van der Waals surface area (Å²) in [6.07, 6.45) is -12.0. The Morgan fingerprint density at radius 2 is 1.15 bits per heavy atom. The maximum atomic E-state index is 14.5. The van der Waals surface area contributed by atoms with E-state index in [4.69, 9.17) is 23.2 Å². The van der Waals surface area contributed by atoms with Crippen LogP contribution in [0.2, 0.25) is 10.0 Å². The lowest BCUT2D eigenvalue weighted by molar-refractivity contribution is -0.234. The quantitative estimate of drug-likeness (QED) is 0.0865. The maximum Gasteiger partial charge on any atom is 0.407 e. The summed E-state index contributed by atoms with van der Waals surface area (Å²) in [5.41, 5.74) is -5.69. The van der Waals surface area contributed by atoms with Crippen LogP contribution in [-0.2, 0) is 34.1 Å². The van der Waals surface area contributed by atoms with E-state index in [-0.39, 0.29) is 0 Å². The Morgan fingerprint density at radius 3 is 1.54 bits per heavy atom. The minimum absolute atomic E-state index is 0.537. The monoisotopic (exact) mass is 928 g/mol. The lowest BCUT2D eigenvalue weighted by Gasteiger charge is -2.51. The number of carbonyl (C=O) groups is 2. The molecule has 0 radical (unpaired) electrons. The van der Waals surface area contributed by atoms with Crippen LogP contribution in [0.15, 0.2) is 58.6 Å². The topological polar surface area (TPSA) is 160 Å². The normalized spacial score (nSPS) is 18.6. The molecule has 26 heteroatoms. The summed E-state index contributed by atoms with van der Waals surface area (Å²) in [5, 5.41) is 2.08. The molecule has 1 fully saturated rings. The summed E-state index contributed by atoms with van der Waals surface area (Å²) in [6, 6.07) is 1.19. The van der Waals surface area contributed by atoms with Crippen LogP contribution in [0.4, 0.5) is 55.3 Å². The molecule has 2 amide bonds. The molecule has 2 heterocycles. The Labute approximate surface area is 337 Å². The first kappa shape index (κ1) is 45.7. The lowest BCUT2D eigenvalue weighted by Crippen LogP contribution is -2.68. The maximum absolute atomic E-state index is 14.5. The standard InChI is InChI=1S/C33H28Cl2F10N6O6S2/c1-14(28(32(40,41)42)48-58(54,55)16-8-22(50(2)12-16)29(52)46-20-6-4-18(36)24(34)26(20)38)15-10-31(11-15,33(43,44)45)49-59(56,57)17-9-23(51(3)13-17)30(53)47-21-7-5-19(37)25(35)27(21)39/h4-9,12-15,28,48-49H,10-11H2,1-3H3,(H,46,52)(H,47,53)/t14?,15?,28-,31?/m0/s1. The molecule has 5 rings (SSSR count). The number of alkyl halides is 6. The first-order valence-electron chi connectivity index (χ1n) is 16.4. The van der Waals surface area contributed by atoms with Gasteiger partial charge in [-0.3, -0.25) is 9.59 Å². The fourth-order valence-electron chi connectivity index (χ4n) is 6.31. The van der Waals surface area contributed by atoms with Gasteiger partial charge in [0.15, 0.2) is 11.6 Å². The van der Waals surface area contributed by atoms with Gasteiger partial charge in [0.05, 0.1) is 11.4 Å². The molecule has 0 spiro atoms. The van der Waals surface area contributed by atoms with Gasteiger partial charge in [0.25, 0.3) is 11.8 Å². The number of aryl methyl sites for hydroxylation is 2. The van der Waals surface area contributed by atoms with Crippen LogP contribution in [0.3, 0.4) is 0 Å². The van der Waals surface area contributed by atoms with Gasteiger partial charge in [-0.15, -0.1) is 0 Å². The van der Waals surface area contributed by atoms with Gasteiger partial charge < -0.3 is 19.8 Å². The molecule has 322 valence electrons. The molecule has 2 atom stereocenters. The number of nitrogens with zero attached hydrogens (tertiary/aromatic N) is 2. The van der Waals surface area contributed by atoms with Crippen molar-refractivity contribution in [2.75, 3.05) is 10.6 Å². The van der Waals surface area contributed by atoms with Gasteiger partial charge in [-0.05, 0) is 61.1 Å². The SMILES string of the molecule is CC(C1CC(NS(=O)(=O)c2cc(C(=O)Nc3ccc(F)c(Cl)c3F)n(C)c2)(C(F)(F)F)C1)[C@H](NS(=O)(=O)c1cc(C(=O)Nc2ccc(F)c(Cl)c2F)n(C)c1)C(F)(F)F. The van der Waals surface area contributed by atoms with Crippen LogP contribution in [0, 0.1) is 35.1 Å². The van der Waals surface area contributed by atoms with Crippen LogP contribution < -0.4 is 20.1 Å². The molecular formula is C33H28Cl2F10N6O6S2. The van der Waals surface area contributed by atoms with Gasteiger partial charge in [-0.2, -0.15) is 35.8 Å². The highest BCUT2D eigenvalue weighted by molar-refractivity contribution is 7.89. The molecule has 0 aliphatic heterocycles. The predicted octanol–water partition coefficient (Wildman–Crippen LogP) is 7.27. The third-order valence-electron chi connectivity index (χ3n) is 9.61. The van der Waals surface area contributed by atoms with Crippen molar-refractivity contribution in [3.8, 4) is 0 Å². The molecule has 1 aliphatic carbocycles. The zero-order valence-electron chi connectivity index (χ0n) is 30.0. The first-order valence-corrected chi connectivity index (χ1v) is 20.1. The van der Waals surface area contributed by atoms with Gasteiger partial charge in [-0.25, -0.2) is 34.4 Å². The largest absolute Gasteiger partial charge is 0.407 e. The van der Waals surface area contributed by atoms with Crippen LogP contribution >= 0.6 is 23.2 Å². The molecule has 2 aromatic heterocycles. The number of hydrogen-bond donors (Lipinski definition) is 4. The Hall–Kier alpha value is -4.36. The molecule has 1 unspecified atom stereocenters. The average molecular weight is 930 g/mol. The highest BCUT2D eigenvalue weighted by Gasteiger charge is 2.66. The fraction of sp³-hybridized carbons (Fsp3) is 0.333. The summed E-state index contributed by atoms with van der Waals surface area (Å²) in [5.74, 6) is -11.1. The second-order valence-corrected chi connectivity index (χ2v) is 17.7. The molecule has 4 aromatic rings. The number of amides is 2. The van der Waals surface area contributed by atoms with Crippen molar-refractivity contribution in [2.24, 2.45) is 25.9 Å². The van der Waals surface area contributed by atoms with Crippen molar-refractivity contribution in [3.63, 3.8) is 0 Å². The highest BCUT2D eigenvalue weighted by atomic mass is 35.5. The number of nitrogens with one attached hydrogen (secondary N) is 4. The number of rotatable bonds is 12. The van der Waals surface area contributed by atoms with E-state index >= 15 is 0 Å². The summed E-state index contributed by atoms with van der Waals surface area (Å²) < 4.78 is 200. The number of hydrogen-bond acceptors (Lipinski definition) is 6. The zero-order chi connectivity index (χ0) is 44.4. The van der Waals surface area contributed by atoms with Crippen LogP contribution in [0.1, 0.15) is 40.7 Å². The van der Waals surface area contributed by atoms with E-state index in [0.29, 0.717) is 30.5 Å². The van der Waals surface area contributed by atoms with Gasteiger partial charge in [-0.1, -0.05) is 30.1 Å². The first-order chi connectivity index (χ1) is 27.0. The molecule has 4 N–H and O–H groups in total. The lowest BCUT2D eigenvalue weighted by atomic mass is 9.62. The van der Waals surface area contributed by atoms with E-state index in [1.165, 1.54) is 9.44 Å². The Kier molecular flexibility index (Phi) is 12.3. The van der Waals surface area contributed by atoms with Crippen molar-refractivity contribution in [1.82, 2.24) is 18.6 Å². The summed E-state index contributed by atoms with van der Waals surface area (Å²) in [7, 11) is -8.22. The summed E-state index contributed by atoms with van der Waals surface area (Å²) in [6.45, 7) is 0.797. The van der Waals surface area contributed by atoms with E-state index in [0.717, 1.165) is 48.5 Å². The van der Waals surface area contributed by atoms with Crippen molar-refractivity contribution in [3.05, 3.63) is 93.5 Å². The third kappa shape index (κ3) is 9.06. The number of benzene rings is 2. The number of anilines is 2. The summed E-state index contributed by atoms with van der Waals surface area (Å²) >= 11 is 11.0. The molecule has 0 saturated heterocycles. The summed E-state index contributed by atoms with van der Waals surface area (Å²) in [4.78, 5) is 23.8. The van der Waals surface area contributed by atoms with Crippen LogP contribution in [-0.4, -0.2) is 61.7 Å². The number of sulfonamides is 2. The second kappa shape index (κ2) is 15.9. The number of aromatic nitrogens is 2.